The van der Waals surface area contributed by atoms with Crippen molar-refractivity contribution in [3.8, 4) is 0 Å². The Kier molecular flexibility index (Phi) is 6.33. The number of benzene rings is 1. The predicted molar refractivity (Wildman–Crippen MR) is 108 cm³/mol. The summed E-state index contributed by atoms with van der Waals surface area (Å²) in [6, 6.07) is 10.6. The number of sulfone groups is 1. The van der Waals surface area contributed by atoms with Gasteiger partial charge in [-0.3, -0.25) is 9.59 Å². The summed E-state index contributed by atoms with van der Waals surface area (Å²) >= 11 is 1.09. The summed E-state index contributed by atoms with van der Waals surface area (Å²) < 4.78 is 35.0. The number of primary amides is 1. The van der Waals surface area contributed by atoms with Gasteiger partial charge in [-0.1, -0.05) is 18.2 Å². The van der Waals surface area contributed by atoms with Crippen LogP contribution in [0.5, 0.6) is 0 Å². The summed E-state index contributed by atoms with van der Waals surface area (Å²) in [7, 11) is -3.71. The Bertz CT molecular complexity index is 1180. The quantitative estimate of drug-likeness (QED) is 0.502. The van der Waals surface area contributed by atoms with Gasteiger partial charge in [0.2, 0.25) is 5.76 Å². The van der Waals surface area contributed by atoms with E-state index < -0.39 is 40.0 Å². The lowest BCUT2D eigenvalue weighted by molar-refractivity contribution is -0.119. The highest BCUT2D eigenvalue weighted by atomic mass is 32.2. The fourth-order valence-corrected chi connectivity index (χ4v) is 4.69. The Labute approximate surface area is 175 Å². The van der Waals surface area contributed by atoms with Crippen LogP contribution in [0.1, 0.15) is 26.5 Å². The van der Waals surface area contributed by atoms with Crippen LogP contribution < -0.4 is 11.1 Å². The van der Waals surface area contributed by atoms with Gasteiger partial charge in [0.1, 0.15) is 5.00 Å². The van der Waals surface area contributed by atoms with E-state index in [4.69, 9.17) is 14.9 Å². The van der Waals surface area contributed by atoms with Crippen molar-refractivity contribution in [3.63, 3.8) is 0 Å². The number of carbonyl (C=O) groups is 3. The molecule has 156 valence electrons. The van der Waals surface area contributed by atoms with Gasteiger partial charge in [-0.15, -0.1) is 11.3 Å². The Morgan fingerprint density at radius 1 is 1.10 bits per heavy atom. The summed E-state index contributed by atoms with van der Waals surface area (Å²) in [4.78, 5) is 35.6. The average Bonchev–Trinajstić information content (AvgIpc) is 3.36. The molecule has 30 heavy (non-hydrogen) atoms. The molecule has 0 fully saturated rings. The average molecular weight is 448 g/mol. The third-order valence-corrected chi connectivity index (χ3v) is 6.41. The van der Waals surface area contributed by atoms with Crippen LogP contribution in [0.4, 0.5) is 5.00 Å². The van der Waals surface area contributed by atoms with E-state index in [-0.39, 0.29) is 26.8 Å². The smallest absolute Gasteiger partial charge is 0.375 e. The molecule has 0 aliphatic rings. The van der Waals surface area contributed by atoms with E-state index in [1.807, 2.05) is 0 Å². The minimum absolute atomic E-state index is 0.103. The number of furan rings is 1. The molecule has 3 N–H and O–H groups in total. The van der Waals surface area contributed by atoms with Gasteiger partial charge in [-0.05, 0) is 29.6 Å². The van der Waals surface area contributed by atoms with Gasteiger partial charge in [0.05, 0.1) is 22.5 Å². The highest BCUT2D eigenvalue weighted by molar-refractivity contribution is 7.90. The molecule has 0 unspecified atom stereocenters. The molecule has 0 radical (unpaired) electrons. The SMILES string of the molecule is NC(=O)c1ccsc1NC(=O)COC(=O)c1occc1CS(=O)(=O)c1ccccc1. The summed E-state index contributed by atoms with van der Waals surface area (Å²) in [5.41, 5.74) is 5.45. The molecule has 9 nitrogen and oxygen atoms in total. The molecule has 0 spiro atoms. The number of nitrogens with one attached hydrogen (secondary N) is 1. The van der Waals surface area contributed by atoms with E-state index in [0.29, 0.717) is 0 Å². The summed E-state index contributed by atoms with van der Waals surface area (Å²) in [5, 5.41) is 4.23. The molecule has 0 saturated carbocycles. The number of hydrogen-bond donors (Lipinski definition) is 2. The molecule has 11 heteroatoms. The number of thiophene rings is 1. The molecule has 2 amide bonds. The molecule has 0 bridgehead atoms. The second-order valence-electron chi connectivity index (χ2n) is 6.00. The van der Waals surface area contributed by atoms with Crippen molar-refractivity contribution >= 4 is 44.0 Å². The van der Waals surface area contributed by atoms with Crippen molar-refractivity contribution in [2.75, 3.05) is 11.9 Å². The molecule has 0 atom stereocenters. The Balaban J connectivity index is 1.63. The molecular formula is C19H16N2O7S2. The van der Waals surface area contributed by atoms with Crippen LogP contribution in [0, 0.1) is 0 Å². The van der Waals surface area contributed by atoms with Crippen molar-refractivity contribution < 1.29 is 32.0 Å². The van der Waals surface area contributed by atoms with Gasteiger partial charge in [0.15, 0.2) is 16.4 Å². The zero-order chi connectivity index (χ0) is 21.7. The van der Waals surface area contributed by atoms with Crippen molar-refractivity contribution in [1.29, 1.82) is 0 Å². The minimum Gasteiger partial charge on any atom is -0.457 e. The highest BCUT2D eigenvalue weighted by Crippen LogP contribution is 2.23. The van der Waals surface area contributed by atoms with Crippen LogP contribution in [0.25, 0.3) is 0 Å². The maximum Gasteiger partial charge on any atom is 0.375 e. The Hall–Kier alpha value is -3.44. The Morgan fingerprint density at radius 2 is 1.83 bits per heavy atom. The minimum atomic E-state index is -3.71. The maximum atomic E-state index is 12.5. The fourth-order valence-electron chi connectivity index (χ4n) is 2.50. The lowest BCUT2D eigenvalue weighted by Gasteiger charge is -2.07. The number of anilines is 1. The first-order valence-corrected chi connectivity index (χ1v) is 11.0. The summed E-state index contributed by atoms with van der Waals surface area (Å²) in [6.45, 7) is -0.666. The van der Waals surface area contributed by atoms with E-state index in [9.17, 15) is 22.8 Å². The van der Waals surface area contributed by atoms with E-state index in [0.717, 1.165) is 17.6 Å². The topological polar surface area (TPSA) is 146 Å². The number of carbonyl (C=O) groups excluding carboxylic acids is 3. The monoisotopic (exact) mass is 448 g/mol. The lowest BCUT2D eigenvalue weighted by Crippen LogP contribution is -2.22. The fraction of sp³-hybridized carbons (Fsp3) is 0.105. The highest BCUT2D eigenvalue weighted by Gasteiger charge is 2.24. The molecular weight excluding hydrogens is 432 g/mol. The number of rotatable bonds is 8. The van der Waals surface area contributed by atoms with Gasteiger partial charge >= 0.3 is 5.97 Å². The van der Waals surface area contributed by atoms with Gasteiger partial charge in [-0.25, -0.2) is 13.2 Å². The van der Waals surface area contributed by atoms with Gasteiger partial charge < -0.3 is 20.2 Å². The van der Waals surface area contributed by atoms with E-state index in [2.05, 4.69) is 5.32 Å². The van der Waals surface area contributed by atoms with Crippen LogP contribution in [-0.4, -0.2) is 32.8 Å². The molecule has 2 aromatic heterocycles. The van der Waals surface area contributed by atoms with Crippen LogP contribution in [0.2, 0.25) is 0 Å². The van der Waals surface area contributed by atoms with Crippen molar-refractivity contribution in [2.24, 2.45) is 5.73 Å². The van der Waals surface area contributed by atoms with Crippen molar-refractivity contribution in [2.45, 2.75) is 10.6 Å². The number of amides is 2. The molecule has 1 aromatic carbocycles. The summed E-state index contributed by atoms with van der Waals surface area (Å²) in [5.74, 6) is -3.17. The first-order valence-electron chi connectivity index (χ1n) is 8.46. The summed E-state index contributed by atoms with van der Waals surface area (Å²) in [6.07, 6.45) is 1.16. The number of nitrogens with two attached hydrogens (primary N) is 1. The molecule has 0 saturated heterocycles. The van der Waals surface area contributed by atoms with Gasteiger partial charge in [-0.2, -0.15) is 0 Å². The normalized spacial score (nSPS) is 11.1. The second kappa shape index (κ2) is 8.93. The lowest BCUT2D eigenvalue weighted by atomic mass is 10.3. The van der Waals surface area contributed by atoms with E-state index in [1.54, 1.807) is 23.6 Å². The molecule has 2 heterocycles. The third-order valence-electron chi connectivity index (χ3n) is 3.90. The number of hydrogen-bond acceptors (Lipinski definition) is 8. The maximum absolute atomic E-state index is 12.5. The van der Waals surface area contributed by atoms with Gasteiger partial charge in [0, 0.05) is 5.56 Å². The molecule has 3 aromatic rings. The zero-order valence-corrected chi connectivity index (χ0v) is 17.0. The van der Waals surface area contributed by atoms with Crippen molar-refractivity contribution in [1.82, 2.24) is 0 Å². The molecule has 0 aliphatic carbocycles. The largest absolute Gasteiger partial charge is 0.457 e. The van der Waals surface area contributed by atoms with Crippen LogP contribution in [-0.2, 0) is 25.1 Å². The standard InChI is InChI=1S/C19H16N2O7S2/c20-17(23)14-7-9-29-18(14)21-15(22)10-28-19(24)16-12(6-8-27-16)11-30(25,26)13-4-2-1-3-5-13/h1-9H,10-11H2,(H2,20,23)(H,21,22). The van der Waals surface area contributed by atoms with Crippen LogP contribution in [0.15, 0.2) is 63.4 Å². The van der Waals surface area contributed by atoms with E-state index >= 15 is 0 Å². The van der Waals surface area contributed by atoms with Crippen LogP contribution >= 0.6 is 11.3 Å². The first kappa shape index (κ1) is 21.3. The Morgan fingerprint density at radius 3 is 2.53 bits per heavy atom. The zero-order valence-electron chi connectivity index (χ0n) is 15.4. The number of ether oxygens (including phenoxy) is 1. The van der Waals surface area contributed by atoms with Gasteiger partial charge in [0.25, 0.3) is 11.8 Å². The first-order chi connectivity index (χ1) is 14.3. The predicted octanol–water partition coefficient (Wildman–Crippen LogP) is 2.21. The van der Waals surface area contributed by atoms with Crippen LogP contribution in [0.3, 0.4) is 0 Å². The third kappa shape index (κ3) is 4.93. The number of esters is 1. The van der Waals surface area contributed by atoms with E-state index in [1.165, 1.54) is 24.3 Å². The molecule has 0 aliphatic heterocycles. The second-order valence-corrected chi connectivity index (χ2v) is 8.90. The molecule has 3 rings (SSSR count). The van der Waals surface area contributed by atoms with Crippen molar-refractivity contribution in [3.05, 3.63) is 71.0 Å².